The number of hydrogen-bond donors (Lipinski definition) is 3. The first-order chi connectivity index (χ1) is 18.0. The van der Waals surface area contributed by atoms with Crippen molar-refractivity contribution in [1.29, 1.82) is 5.41 Å². The largest absolute Gasteiger partial charge is 0.404 e. The van der Waals surface area contributed by atoms with E-state index in [1.807, 2.05) is 38.1 Å². The van der Waals surface area contributed by atoms with E-state index in [4.69, 9.17) is 31.6 Å². The average molecular weight is 519 g/mol. The maximum atomic E-state index is 12.0. The number of ether oxygens (including phenoxy) is 1. The van der Waals surface area contributed by atoms with Crippen molar-refractivity contribution < 1.29 is 9.53 Å². The number of morpholine rings is 1. The highest BCUT2D eigenvalue weighted by Crippen LogP contribution is 2.41. The highest BCUT2D eigenvalue weighted by molar-refractivity contribution is 7.99. The second kappa shape index (κ2) is 12.3. The van der Waals surface area contributed by atoms with Gasteiger partial charge in [-0.25, -0.2) is 9.97 Å². The summed E-state index contributed by atoms with van der Waals surface area (Å²) >= 11 is 1.70. The number of carbonyl (C=O) groups is 1. The third kappa shape index (κ3) is 5.84. The van der Waals surface area contributed by atoms with Crippen LogP contribution in [0.1, 0.15) is 43.5 Å². The number of hydrogen-bond acceptors (Lipinski definition) is 9. The first kappa shape index (κ1) is 26.8. The number of nitrogens with one attached hydrogen (secondary N) is 1. The fourth-order valence-corrected chi connectivity index (χ4v) is 5.59. The van der Waals surface area contributed by atoms with Gasteiger partial charge in [-0.2, -0.15) is 0 Å². The smallest absolute Gasteiger partial charge is 0.162 e. The molecule has 0 aliphatic carbocycles. The Labute approximate surface area is 222 Å². The van der Waals surface area contributed by atoms with E-state index in [1.54, 1.807) is 18.0 Å². The minimum Gasteiger partial charge on any atom is -0.404 e. The van der Waals surface area contributed by atoms with Crippen LogP contribution in [-0.2, 0) is 16.1 Å². The Morgan fingerprint density at radius 2 is 2.05 bits per heavy atom. The number of aromatic nitrogens is 2. The van der Waals surface area contributed by atoms with Crippen molar-refractivity contribution in [3.63, 3.8) is 0 Å². The molecule has 3 heterocycles. The maximum absolute atomic E-state index is 12.0. The molecule has 0 spiro atoms. The summed E-state index contributed by atoms with van der Waals surface area (Å²) in [7, 11) is 0. The van der Waals surface area contributed by atoms with Crippen LogP contribution in [-0.4, -0.2) is 54.0 Å². The summed E-state index contributed by atoms with van der Waals surface area (Å²) in [5, 5.41) is 8.02. The second-order valence-corrected chi connectivity index (χ2v) is 9.92. The summed E-state index contributed by atoms with van der Waals surface area (Å²) in [5.41, 5.74) is 18.0. The van der Waals surface area contributed by atoms with E-state index in [1.165, 1.54) is 6.21 Å². The van der Waals surface area contributed by atoms with E-state index >= 15 is 0 Å². The van der Waals surface area contributed by atoms with Gasteiger partial charge in [0.1, 0.15) is 5.82 Å². The molecule has 0 unspecified atom stereocenters. The monoisotopic (exact) mass is 518 g/mol. The minimum atomic E-state index is 0.142. The molecule has 5 N–H and O–H groups in total. The molecular formula is C28H34N6O2S. The lowest BCUT2D eigenvalue weighted by Crippen LogP contribution is -2.37. The average Bonchev–Trinajstić information content (AvgIpc) is 2.95. The topological polar surface area (TPSA) is 131 Å². The lowest BCUT2D eigenvalue weighted by Gasteiger charge is -2.31. The number of Topliss-reactive ketones (excluding diaryl/α,β-unsaturated/α-hetero) is 1. The molecule has 0 radical (unpaired) electrons. The molecule has 0 atom stereocenters. The Balaban J connectivity index is 1.80. The van der Waals surface area contributed by atoms with E-state index in [0.717, 1.165) is 68.7 Å². The van der Waals surface area contributed by atoms with E-state index < -0.39 is 0 Å². The van der Waals surface area contributed by atoms with Crippen LogP contribution in [0.25, 0.3) is 17.5 Å². The molecule has 8 nitrogen and oxygen atoms in total. The van der Waals surface area contributed by atoms with Gasteiger partial charge in [0.25, 0.3) is 0 Å². The quantitative estimate of drug-likeness (QED) is 0.334. The van der Waals surface area contributed by atoms with Crippen LogP contribution >= 0.6 is 11.8 Å². The first-order valence-corrected chi connectivity index (χ1v) is 13.5. The lowest BCUT2D eigenvalue weighted by molar-refractivity contribution is -0.115. The van der Waals surface area contributed by atoms with E-state index in [2.05, 4.69) is 11.0 Å². The van der Waals surface area contributed by atoms with Crippen molar-refractivity contribution in [2.24, 2.45) is 11.5 Å². The van der Waals surface area contributed by atoms with Gasteiger partial charge in [0.2, 0.25) is 0 Å². The molecule has 37 heavy (non-hydrogen) atoms. The third-order valence-electron chi connectivity index (χ3n) is 6.67. The third-order valence-corrected chi connectivity index (χ3v) is 7.81. The molecule has 1 aromatic heterocycles. The molecule has 1 fully saturated rings. The molecule has 0 amide bonds. The zero-order chi connectivity index (χ0) is 26.4. The molecule has 9 heteroatoms. The van der Waals surface area contributed by atoms with Crippen LogP contribution in [0.4, 0.5) is 5.82 Å². The van der Waals surface area contributed by atoms with E-state index in [9.17, 15) is 4.79 Å². The number of fused-ring (bicyclic) bond motifs is 1. The molecule has 2 aromatic rings. The standard InChI is InChI=1S/C28H34N6O2S/c1-3-25(35)18(2)7-8-19(14-29)21-13-24-26(37-17-21)28(34-9-11-36-12-10-34)33-27(32-24)22-6-4-5-20(15-30)23(22)16-31/h4-7,13-14,16,31H,3,8-12,15,17,29-30H2,1-2H3/b18-7+,19-14+,31-16?. The molecule has 2 aliphatic heterocycles. The van der Waals surface area contributed by atoms with Crippen molar-refractivity contribution in [2.45, 2.75) is 38.1 Å². The van der Waals surface area contributed by atoms with Crippen LogP contribution in [0.3, 0.4) is 0 Å². The van der Waals surface area contributed by atoms with Crippen LogP contribution < -0.4 is 16.4 Å². The number of benzene rings is 1. The van der Waals surface area contributed by atoms with E-state index in [0.29, 0.717) is 38.4 Å². The normalized spacial score (nSPS) is 16.3. The van der Waals surface area contributed by atoms with Gasteiger partial charge >= 0.3 is 0 Å². The number of allylic oxidation sites excluding steroid dienone is 3. The van der Waals surface area contributed by atoms with Gasteiger partial charge in [0.15, 0.2) is 11.6 Å². The zero-order valence-corrected chi connectivity index (χ0v) is 22.2. The Hall–Kier alpha value is -3.27. The van der Waals surface area contributed by atoms with Crippen LogP contribution in [0.15, 0.2) is 52.1 Å². The van der Waals surface area contributed by atoms with Gasteiger partial charge in [0.05, 0.1) is 23.8 Å². The van der Waals surface area contributed by atoms with Gasteiger partial charge in [-0.15, -0.1) is 11.8 Å². The Kier molecular flexibility index (Phi) is 8.91. The highest BCUT2D eigenvalue weighted by Gasteiger charge is 2.26. The minimum absolute atomic E-state index is 0.142. The molecular weight excluding hydrogens is 484 g/mol. The highest BCUT2D eigenvalue weighted by atomic mass is 32.2. The number of rotatable bonds is 9. The SMILES string of the molecule is CCC(=O)/C(C)=C/C/C(=C\N)C1=Cc2nc(-c3cccc(CN)c3C=N)nc(N3CCOCC3)c2SC1. The molecule has 0 bridgehead atoms. The van der Waals surface area contributed by atoms with Gasteiger partial charge in [-0.3, -0.25) is 4.79 Å². The Bertz CT molecular complexity index is 1280. The van der Waals surface area contributed by atoms with Gasteiger partial charge in [-0.05, 0) is 47.9 Å². The Morgan fingerprint density at radius 3 is 2.73 bits per heavy atom. The van der Waals surface area contributed by atoms with Crippen LogP contribution in [0.5, 0.6) is 0 Å². The predicted octanol–water partition coefficient (Wildman–Crippen LogP) is 4.08. The van der Waals surface area contributed by atoms with E-state index in [-0.39, 0.29) is 5.78 Å². The van der Waals surface area contributed by atoms with Crippen molar-refractivity contribution in [2.75, 3.05) is 37.0 Å². The first-order valence-electron chi connectivity index (χ1n) is 12.5. The number of nitrogens with two attached hydrogens (primary N) is 2. The van der Waals surface area contributed by atoms with Crippen LogP contribution in [0, 0.1) is 5.41 Å². The molecule has 2 aliphatic rings. The number of ketones is 1. The number of nitrogens with zero attached hydrogens (tertiary/aromatic N) is 3. The summed E-state index contributed by atoms with van der Waals surface area (Å²) in [4.78, 5) is 25.3. The molecule has 1 aromatic carbocycles. The summed E-state index contributed by atoms with van der Waals surface area (Å²) in [6, 6.07) is 5.80. The number of anilines is 1. The molecule has 4 rings (SSSR count). The predicted molar refractivity (Wildman–Crippen MR) is 151 cm³/mol. The molecule has 194 valence electrons. The van der Waals surface area contributed by atoms with Crippen molar-refractivity contribution in [3.8, 4) is 11.4 Å². The van der Waals surface area contributed by atoms with Crippen LogP contribution in [0.2, 0.25) is 0 Å². The van der Waals surface area contributed by atoms with Crippen molar-refractivity contribution in [1.82, 2.24) is 9.97 Å². The Morgan fingerprint density at radius 1 is 1.27 bits per heavy atom. The van der Waals surface area contributed by atoms with Gasteiger partial charge < -0.3 is 26.5 Å². The lowest BCUT2D eigenvalue weighted by atomic mass is 10.00. The fraction of sp³-hybridized carbons (Fsp3) is 0.357. The summed E-state index contributed by atoms with van der Waals surface area (Å²) in [6.45, 7) is 6.86. The van der Waals surface area contributed by atoms with Gasteiger partial charge in [0, 0.05) is 49.1 Å². The number of thioether (sulfide) groups is 1. The van der Waals surface area contributed by atoms with Gasteiger partial charge in [-0.1, -0.05) is 31.2 Å². The number of carbonyl (C=O) groups excluding carboxylic acids is 1. The summed E-state index contributed by atoms with van der Waals surface area (Å²) in [5.74, 6) is 2.33. The maximum Gasteiger partial charge on any atom is 0.162 e. The zero-order valence-electron chi connectivity index (χ0n) is 21.4. The summed E-state index contributed by atoms with van der Waals surface area (Å²) in [6.07, 6.45) is 8.06. The van der Waals surface area contributed by atoms with Crippen molar-refractivity contribution in [3.05, 3.63) is 64.0 Å². The summed E-state index contributed by atoms with van der Waals surface area (Å²) < 4.78 is 5.58. The molecule has 0 saturated carbocycles. The van der Waals surface area contributed by atoms with Crippen molar-refractivity contribution >= 4 is 35.7 Å². The fourth-order valence-electron chi connectivity index (χ4n) is 4.46. The second-order valence-electron chi connectivity index (χ2n) is 8.93. The molecule has 1 saturated heterocycles.